The highest BCUT2D eigenvalue weighted by Crippen LogP contribution is 2.39. The zero-order chi connectivity index (χ0) is 13.0. The summed E-state index contributed by atoms with van der Waals surface area (Å²) >= 11 is 0. The molecule has 0 radical (unpaired) electrons. The van der Waals surface area contributed by atoms with E-state index >= 15 is 0 Å². The van der Waals surface area contributed by atoms with Gasteiger partial charge < -0.3 is 19.9 Å². The number of methoxy groups -OCH3 is 2. The molecule has 1 aliphatic heterocycles. The summed E-state index contributed by atoms with van der Waals surface area (Å²) in [6.07, 6.45) is 0. The van der Waals surface area contributed by atoms with Gasteiger partial charge >= 0.3 is 0 Å². The zero-order valence-electron chi connectivity index (χ0n) is 10.9. The van der Waals surface area contributed by atoms with Crippen LogP contribution in [0.5, 0.6) is 17.2 Å². The highest BCUT2D eigenvalue weighted by atomic mass is 16.5. The molecular weight excluding hydrogens is 232 g/mol. The average Bonchev–Trinajstić information content (AvgIpc) is 2.41. The molecule has 5 nitrogen and oxygen atoms in total. The average molecular weight is 252 g/mol. The molecule has 18 heavy (non-hydrogen) atoms. The lowest BCUT2D eigenvalue weighted by molar-refractivity contribution is 0.228. The molecule has 1 fully saturated rings. The van der Waals surface area contributed by atoms with Gasteiger partial charge in [0.2, 0.25) is 5.75 Å². The summed E-state index contributed by atoms with van der Waals surface area (Å²) in [5, 5.41) is 13.0. The van der Waals surface area contributed by atoms with Crippen molar-refractivity contribution in [2.75, 3.05) is 40.4 Å². The first-order valence-corrected chi connectivity index (χ1v) is 6.12. The maximum Gasteiger partial charge on any atom is 0.203 e. The molecule has 0 aliphatic carbocycles. The molecule has 100 valence electrons. The van der Waals surface area contributed by atoms with Crippen LogP contribution in [0.1, 0.15) is 5.56 Å². The molecule has 2 rings (SSSR count). The number of phenols is 1. The third-order valence-corrected chi connectivity index (χ3v) is 3.18. The third-order valence-electron chi connectivity index (χ3n) is 3.18. The zero-order valence-corrected chi connectivity index (χ0v) is 10.9. The molecule has 0 atom stereocenters. The van der Waals surface area contributed by atoms with Gasteiger partial charge in [-0.15, -0.1) is 0 Å². The van der Waals surface area contributed by atoms with E-state index in [4.69, 9.17) is 9.47 Å². The number of hydrogen-bond donors (Lipinski definition) is 2. The normalized spacial score (nSPS) is 16.6. The topological polar surface area (TPSA) is 54.0 Å². The van der Waals surface area contributed by atoms with Crippen LogP contribution in [0.25, 0.3) is 0 Å². The lowest BCUT2D eigenvalue weighted by atomic mass is 10.1. The Hall–Kier alpha value is -1.46. The molecule has 1 heterocycles. The smallest absolute Gasteiger partial charge is 0.203 e. The van der Waals surface area contributed by atoms with Crippen LogP contribution in [-0.4, -0.2) is 50.4 Å². The molecule has 5 heteroatoms. The van der Waals surface area contributed by atoms with Gasteiger partial charge in [-0.2, -0.15) is 0 Å². The number of nitrogens with zero attached hydrogens (tertiary/aromatic N) is 1. The summed E-state index contributed by atoms with van der Waals surface area (Å²) in [5.74, 6) is 1.14. The summed E-state index contributed by atoms with van der Waals surface area (Å²) in [6, 6.07) is 3.54. The van der Waals surface area contributed by atoms with E-state index in [1.165, 1.54) is 7.11 Å². The summed E-state index contributed by atoms with van der Waals surface area (Å²) in [5.41, 5.74) is 1.04. The fourth-order valence-corrected chi connectivity index (χ4v) is 2.25. The maximum absolute atomic E-state index is 9.72. The molecular formula is C13H20N2O3. The summed E-state index contributed by atoms with van der Waals surface area (Å²) in [4.78, 5) is 2.35. The Morgan fingerprint density at radius 3 is 2.44 bits per heavy atom. The second-order valence-electron chi connectivity index (χ2n) is 4.34. The van der Waals surface area contributed by atoms with Crippen molar-refractivity contribution in [1.82, 2.24) is 10.2 Å². The minimum atomic E-state index is 0.110. The lowest BCUT2D eigenvalue weighted by Gasteiger charge is -2.28. The second-order valence-corrected chi connectivity index (χ2v) is 4.34. The number of rotatable bonds is 4. The molecule has 1 aliphatic rings. The van der Waals surface area contributed by atoms with E-state index < -0.39 is 0 Å². The Morgan fingerprint density at radius 2 is 1.83 bits per heavy atom. The van der Waals surface area contributed by atoms with Crippen LogP contribution < -0.4 is 14.8 Å². The Balaban J connectivity index is 2.21. The minimum Gasteiger partial charge on any atom is -0.504 e. The van der Waals surface area contributed by atoms with Crippen LogP contribution in [0, 0.1) is 0 Å². The number of aromatic hydroxyl groups is 1. The van der Waals surface area contributed by atoms with Crippen molar-refractivity contribution in [2.24, 2.45) is 0 Å². The van der Waals surface area contributed by atoms with E-state index in [9.17, 15) is 5.11 Å². The van der Waals surface area contributed by atoms with Gasteiger partial charge in [-0.25, -0.2) is 0 Å². The Morgan fingerprint density at radius 1 is 1.17 bits per heavy atom. The summed E-state index contributed by atoms with van der Waals surface area (Å²) in [6.45, 7) is 4.87. The summed E-state index contributed by atoms with van der Waals surface area (Å²) in [7, 11) is 3.13. The molecule has 0 unspecified atom stereocenters. The van der Waals surface area contributed by atoms with Crippen LogP contribution in [0.4, 0.5) is 0 Å². The number of piperazine rings is 1. The lowest BCUT2D eigenvalue weighted by Crippen LogP contribution is -2.42. The van der Waals surface area contributed by atoms with Crippen molar-refractivity contribution >= 4 is 0 Å². The fourth-order valence-electron chi connectivity index (χ4n) is 2.25. The molecule has 1 saturated heterocycles. The standard InChI is InChI=1S/C13H20N2O3/c1-17-12-10(3-4-11(16)13(12)18-2)9-15-7-5-14-6-8-15/h3-4,14,16H,5-9H2,1-2H3. The van der Waals surface area contributed by atoms with Crippen molar-refractivity contribution < 1.29 is 14.6 Å². The first-order valence-electron chi connectivity index (χ1n) is 6.12. The Labute approximate surface area is 107 Å². The largest absolute Gasteiger partial charge is 0.504 e. The second kappa shape index (κ2) is 5.93. The van der Waals surface area contributed by atoms with Gasteiger partial charge in [0.1, 0.15) is 0 Å². The molecule has 1 aromatic rings. The monoisotopic (exact) mass is 252 g/mol. The highest BCUT2D eigenvalue weighted by Gasteiger charge is 2.17. The maximum atomic E-state index is 9.72. The van der Waals surface area contributed by atoms with E-state index in [2.05, 4.69) is 10.2 Å². The van der Waals surface area contributed by atoms with Gasteiger partial charge in [-0.1, -0.05) is 6.07 Å². The third kappa shape index (κ3) is 2.68. The molecule has 0 spiro atoms. The summed E-state index contributed by atoms with van der Waals surface area (Å²) < 4.78 is 10.6. The fraction of sp³-hybridized carbons (Fsp3) is 0.538. The number of hydrogen-bond acceptors (Lipinski definition) is 5. The van der Waals surface area contributed by atoms with E-state index in [0.29, 0.717) is 11.5 Å². The first-order chi connectivity index (χ1) is 8.76. The van der Waals surface area contributed by atoms with Crippen LogP contribution >= 0.6 is 0 Å². The minimum absolute atomic E-state index is 0.110. The van der Waals surface area contributed by atoms with Crippen LogP contribution in [0.3, 0.4) is 0 Å². The van der Waals surface area contributed by atoms with Gasteiger partial charge in [0, 0.05) is 38.3 Å². The molecule has 0 aromatic heterocycles. The van der Waals surface area contributed by atoms with Gasteiger partial charge in [0.25, 0.3) is 0 Å². The van der Waals surface area contributed by atoms with Gasteiger partial charge in [-0.3, -0.25) is 4.90 Å². The van der Waals surface area contributed by atoms with Gasteiger partial charge in [-0.05, 0) is 6.07 Å². The molecule has 0 saturated carbocycles. The number of phenolic OH excluding ortho intramolecular Hbond substituents is 1. The van der Waals surface area contributed by atoms with Crippen molar-refractivity contribution in [3.63, 3.8) is 0 Å². The molecule has 0 amide bonds. The van der Waals surface area contributed by atoms with E-state index in [1.54, 1.807) is 13.2 Å². The Bertz CT molecular complexity index is 403. The van der Waals surface area contributed by atoms with Crippen LogP contribution in [0.2, 0.25) is 0 Å². The first kappa shape index (κ1) is 13.0. The van der Waals surface area contributed by atoms with Crippen molar-refractivity contribution in [1.29, 1.82) is 0 Å². The number of ether oxygens (including phenoxy) is 2. The van der Waals surface area contributed by atoms with Crippen LogP contribution in [0.15, 0.2) is 12.1 Å². The predicted molar refractivity (Wildman–Crippen MR) is 69.4 cm³/mol. The van der Waals surface area contributed by atoms with E-state index in [0.717, 1.165) is 38.3 Å². The SMILES string of the molecule is COc1c(O)ccc(CN2CCNCC2)c1OC. The highest BCUT2D eigenvalue weighted by molar-refractivity contribution is 5.55. The van der Waals surface area contributed by atoms with Crippen molar-refractivity contribution in [2.45, 2.75) is 6.54 Å². The van der Waals surface area contributed by atoms with Crippen LogP contribution in [-0.2, 0) is 6.54 Å². The number of nitrogens with one attached hydrogen (secondary N) is 1. The van der Waals surface area contributed by atoms with Crippen molar-refractivity contribution in [3.8, 4) is 17.2 Å². The van der Waals surface area contributed by atoms with Gasteiger partial charge in [0.15, 0.2) is 11.5 Å². The van der Waals surface area contributed by atoms with Crippen molar-refractivity contribution in [3.05, 3.63) is 17.7 Å². The molecule has 2 N–H and O–H groups in total. The quantitative estimate of drug-likeness (QED) is 0.830. The number of benzene rings is 1. The van der Waals surface area contributed by atoms with E-state index in [-0.39, 0.29) is 5.75 Å². The molecule has 1 aromatic carbocycles. The van der Waals surface area contributed by atoms with Gasteiger partial charge in [0.05, 0.1) is 14.2 Å². The Kier molecular flexibility index (Phi) is 4.28. The molecule has 0 bridgehead atoms. The van der Waals surface area contributed by atoms with E-state index in [1.807, 2.05) is 6.07 Å². The predicted octanol–water partition coefficient (Wildman–Crippen LogP) is 0.815.